The van der Waals surface area contributed by atoms with Gasteiger partial charge in [-0.05, 0) is 19.8 Å². The predicted octanol–water partition coefficient (Wildman–Crippen LogP) is 2.23. The van der Waals surface area contributed by atoms with E-state index < -0.39 is 0 Å². The molecule has 13 heavy (non-hydrogen) atoms. The van der Waals surface area contributed by atoms with Crippen molar-refractivity contribution in [3.05, 3.63) is 18.0 Å². The molecule has 1 aromatic heterocycles. The second-order valence-corrected chi connectivity index (χ2v) is 3.73. The Hall–Kier alpha value is -0.990. The molecule has 0 aliphatic heterocycles. The first kappa shape index (κ1) is 8.60. The summed E-state index contributed by atoms with van der Waals surface area (Å²) >= 11 is 0. The van der Waals surface area contributed by atoms with Gasteiger partial charge in [-0.3, -0.25) is 0 Å². The summed E-state index contributed by atoms with van der Waals surface area (Å²) in [5.41, 5.74) is 0. The van der Waals surface area contributed by atoms with Gasteiger partial charge in [0.2, 0.25) is 0 Å². The van der Waals surface area contributed by atoms with Crippen LogP contribution in [0.15, 0.2) is 6.33 Å². The molecule has 1 aliphatic carbocycles. The van der Waals surface area contributed by atoms with E-state index in [1.54, 1.807) is 6.33 Å². The Balaban J connectivity index is 2.14. The second-order valence-electron chi connectivity index (χ2n) is 3.73. The lowest BCUT2D eigenvalue weighted by Crippen LogP contribution is -2.09. The van der Waals surface area contributed by atoms with Crippen LogP contribution in [0.5, 0.6) is 0 Å². The molecule has 0 aromatic carbocycles. The fourth-order valence-electron chi connectivity index (χ4n) is 1.95. The lowest BCUT2D eigenvalue weighted by molar-refractivity contribution is 0.426. The third-order valence-corrected chi connectivity index (χ3v) is 2.68. The maximum Gasteiger partial charge on any atom is 0.135 e. The summed E-state index contributed by atoms with van der Waals surface area (Å²) < 4.78 is 0. The minimum Gasteiger partial charge on any atom is -0.222 e. The third kappa shape index (κ3) is 2.02. The molecule has 0 spiro atoms. The van der Waals surface area contributed by atoms with Crippen LogP contribution in [0.25, 0.3) is 0 Å². The number of nitrogens with zero attached hydrogens (tertiary/aromatic N) is 3. The molecule has 2 rings (SSSR count). The molecular weight excluding hydrogens is 162 g/mol. The highest BCUT2D eigenvalue weighted by atomic mass is 15.0. The summed E-state index contributed by atoms with van der Waals surface area (Å²) in [6, 6.07) is 0. The zero-order valence-electron chi connectivity index (χ0n) is 8.03. The Labute approximate surface area is 78.6 Å². The van der Waals surface area contributed by atoms with E-state index >= 15 is 0 Å². The first-order valence-corrected chi connectivity index (χ1v) is 5.02. The summed E-state index contributed by atoms with van der Waals surface area (Å²) in [4.78, 5) is 12.6. The van der Waals surface area contributed by atoms with Gasteiger partial charge in [0.15, 0.2) is 0 Å². The van der Waals surface area contributed by atoms with Crippen molar-refractivity contribution in [2.75, 3.05) is 0 Å². The minimum absolute atomic E-state index is 0.593. The Morgan fingerprint density at radius 3 is 2.62 bits per heavy atom. The molecule has 0 N–H and O–H groups in total. The quantitative estimate of drug-likeness (QED) is 0.660. The summed E-state index contributed by atoms with van der Waals surface area (Å²) in [6.45, 7) is 1.92. The molecule has 1 heterocycles. The zero-order chi connectivity index (χ0) is 9.10. The highest BCUT2D eigenvalue weighted by Crippen LogP contribution is 2.30. The standard InChI is InChI=1S/C10H15N3/c1-8-11-7-12-10(13-8)9-5-3-2-4-6-9/h7,9H,2-6H2,1H3. The Bertz CT molecular complexity index is 279. The molecule has 0 bridgehead atoms. The van der Waals surface area contributed by atoms with Gasteiger partial charge < -0.3 is 0 Å². The van der Waals surface area contributed by atoms with Crippen molar-refractivity contribution in [1.29, 1.82) is 0 Å². The number of rotatable bonds is 1. The SMILES string of the molecule is Cc1ncnc(C2CCCCC2)n1. The van der Waals surface area contributed by atoms with E-state index in [-0.39, 0.29) is 0 Å². The summed E-state index contributed by atoms with van der Waals surface area (Å²) in [5.74, 6) is 2.44. The van der Waals surface area contributed by atoms with Gasteiger partial charge in [-0.1, -0.05) is 19.3 Å². The number of aryl methyl sites for hydroxylation is 1. The maximum absolute atomic E-state index is 4.37. The van der Waals surface area contributed by atoms with Gasteiger partial charge in [-0.25, -0.2) is 15.0 Å². The largest absolute Gasteiger partial charge is 0.222 e. The van der Waals surface area contributed by atoms with Crippen LogP contribution >= 0.6 is 0 Å². The predicted molar refractivity (Wildman–Crippen MR) is 50.4 cm³/mol. The van der Waals surface area contributed by atoms with Crippen LogP contribution in [-0.2, 0) is 0 Å². The van der Waals surface area contributed by atoms with Crippen molar-refractivity contribution < 1.29 is 0 Å². The lowest BCUT2D eigenvalue weighted by Gasteiger charge is -2.19. The summed E-state index contributed by atoms with van der Waals surface area (Å²) in [7, 11) is 0. The molecule has 1 aliphatic rings. The van der Waals surface area contributed by atoms with Crippen molar-refractivity contribution in [1.82, 2.24) is 15.0 Å². The van der Waals surface area contributed by atoms with E-state index in [9.17, 15) is 0 Å². The van der Waals surface area contributed by atoms with Gasteiger partial charge in [-0.2, -0.15) is 0 Å². The average Bonchev–Trinajstić information content (AvgIpc) is 2.19. The topological polar surface area (TPSA) is 38.7 Å². The normalized spacial score (nSPS) is 18.8. The molecule has 1 fully saturated rings. The molecule has 0 radical (unpaired) electrons. The van der Waals surface area contributed by atoms with Crippen LogP contribution in [0.3, 0.4) is 0 Å². The van der Waals surface area contributed by atoms with Gasteiger partial charge in [0.1, 0.15) is 18.0 Å². The van der Waals surface area contributed by atoms with Crippen LogP contribution in [0.1, 0.15) is 49.7 Å². The Morgan fingerprint density at radius 1 is 1.15 bits per heavy atom. The zero-order valence-corrected chi connectivity index (χ0v) is 8.03. The van der Waals surface area contributed by atoms with E-state index in [1.807, 2.05) is 6.92 Å². The Kier molecular flexibility index (Phi) is 2.52. The highest BCUT2D eigenvalue weighted by molar-refractivity contribution is 4.97. The smallest absolute Gasteiger partial charge is 0.135 e. The van der Waals surface area contributed by atoms with Crippen molar-refractivity contribution in [3.63, 3.8) is 0 Å². The van der Waals surface area contributed by atoms with Crippen molar-refractivity contribution in [3.8, 4) is 0 Å². The number of aromatic nitrogens is 3. The van der Waals surface area contributed by atoms with E-state index in [1.165, 1.54) is 32.1 Å². The van der Waals surface area contributed by atoms with Gasteiger partial charge in [0.25, 0.3) is 0 Å². The minimum atomic E-state index is 0.593. The van der Waals surface area contributed by atoms with Gasteiger partial charge in [-0.15, -0.1) is 0 Å². The van der Waals surface area contributed by atoms with Crippen LogP contribution in [0, 0.1) is 6.92 Å². The first-order valence-electron chi connectivity index (χ1n) is 5.02. The molecule has 0 unspecified atom stereocenters. The molecule has 0 saturated heterocycles. The van der Waals surface area contributed by atoms with Gasteiger partial charge >= 0.3 is 0 Å². The highest BCUT2D eigenvalue weighted by Gasteiger charge is 2.17. The van der Waals surface area contributed by atoms with Crippen LogP contribution < -0.4 is 0 Å². The molecule has 70 valence electrons. The molecule has 0 amide bonds. The third-order valence-electron chi connectivity index (χ3n) is 2.68. The fraction of sp³-hybridized carbons (Fsp3) is 0.700. The summed E-state index contributed by atoms with van der Waals surface area (Å²) in [6.07, 6.45) is 8.17. The number of hydrogen-bond acceptors (Lipinski definition) is 3. The average molecular weight is 177 g/mol. The first-order chi connectivity index (χ1) is 6.36. The molecule has 1 saturated carbocycles. The molecular formula is C10H15N3. The van der Waals surface area contributed by atoms with E-state index in [4.69, 9.17) is 0 Å². The molecule has 0 atom stereocenters. The second kappa shape index (κ2) is 3.81. The molecule has 3 heteroatoms. The van der Waals surface area contributed by atoms with Crippen LogP contribution in [0.2, 0.25) is 0 Å². The monoisotopic (exact) mass is 177 g/mol. The summed E-state index contributed by atoms with van der Waals surface area (Å²) in [5, 5.41) is 0. The molecule has 3 nitrogen and oxygen atoms in total. The van der Waals surface area contributed by atoms with Crippen molar-refractivity contribution in [2.24, 2.45) is 0 Å². The molecule has 1 aromatic rings. The van der Waals surface area contributed by atoms with Gasteiger partial charge in [0.05, 0.1) is 0 Å². The van der Waals surface area contributed by atoms with E-state index in [0.29, 0.717) is 5.92 Å². The lowest BCUT2D eigenvalue weighted by atomic mass is 9.89. The Morgan fingerprint density at radius 2 is 1.92 bits per heavy atom. The van der Waals surface area contributed by atoms with Crippen molar-refractivity contribution in [2.45, 2.75) is 44.9 Å². The fourth-order valence-corrected chi connectivity index (χ4v) is 1.95. The van der Waals surface area contributed by atoms with E-state index in [0.717, 1.165) is 11.6 Å². The number of hydrogen-bond donors (Lipinski definition) is 0. The van der Waals surface area contributed by atoms with Gasteiger partial charge in [0, 0.05) is 5.92 Å². The van der Waals surface area contributed by atoms with Crippen LogP contribution in [0.4, 0.5) is 0 Å². The van der Waals surface area contributed by atoms with Crippen molar-refractivity contribution >= 4 is 0 Å². The maximum atomic E-state index is 4.37. The van der Waals surface area contributed by atoms with Crippen LogP contribution in [-0.4, -0.2) is 15.0 Å². The van der Waals surface area contributed by atoms with E-state index in [2.05, 4.69) is 15.0 Å².